The number of nitrogens with zero attached hydrogens (tertiary/aromatic N) is 6. The molecule has 232 valence electrons. The van der Waals surface area contributed by atoms with Crippen molar-refractivity contribution in [3.05, 3.63) is 41.9 Å². The number of β-amino-alcohol motifs (C(OH)–C–C–N with tert-alkyl or cyclic N) is 1. The lowest BCUT2D eigenvalue weighted by molar-refractivity contribution is -0.138. The minimum absolute atomic E-state index is 0.0110. The third-order valence-electron chi connectivity index (χ3n) is 9.53. The Morgan fingerprint density at radius 2 is 1.74 bits per heavy atom. The van der Waals surface area contributed by atoms with Gasteiger partial charge in [-0.2, -0.15) is 0 Å². The molecule has 2 aromatic heterocycles. The summed E-state index contributed by atoms with van der Waals surface area (Å²) in [6, 6.07) is 3.72. The number of aliphatic hydroxyl groups excluding tert-OH is 1. The molecule has 0 radical (unpaired) electrons. The van der Waals surface area contributed by atoms with Gasteiger partial charge in [-0.3, -0.25) is 14.3 Å². The zero-order valence-electron chi connectivity index (χ0n) is 24.6. The Labute approximate surface area is 250 Å². The lowest BCUT2D eigenvalue weighted by Crippen LogP contribution is -2.51. The molecule has 10 nitrogen and oxygen atoms in total. The number of nitrogens with one attached hydrogen (secondary N) is 1. The molecule has 0 unspecified atom stereocenters. The van der Waals surface area contributed by atoms with Crippen LogP contribution >= 0.6 is 0 Å². The third-order valence-corrected chi connectivity index (χ3v) is 9.53. The quantitative estimate of drug-likeness (QED) is 0.359. The number of piperazine rings is 1. The van der Waals surface area contributed by atoms with Crippen molar-refractivity contribution >= 4 is 28.7 Å². The molecule has 2 aliphatic carbocycles. The third kappa shape index (κ3) is 6.81. The number of amides is 1. The van der Waals surface area contributed by atoms with E-state index in [0.29, 0.717) is 42.7 Å². The highest BCUT2D eigenvalue weighted by atomic mass is 19.1. The van der Waals surface area contributed by atoms with Crippen LogP contribution in [0.2, 0.25) is 0 Å². The topological polar surface area (TPSA) is 125 Å². The molecule has 1 saturated heterocycles. The molecule has 2 saturated carbocycles. The van der Waals surface area contributed by atoms with Crippen LogP contribution < -0.4 is 11.1 Å². The molecule has 1 aliphatic heterocycles. The van der Waals surface area contributed by atoms with Gasteiger partial charge in [0.05, 0.1) is 18.5 Å². The van der Waals surface area contributed by atoms with Crippen LogP contribution in [0.25, 0.3) is 11.2 Å². The smallest absolute Gasteiger partial charge is 0.225 e. The van der Waals surface area contributed by atoms with Crippen molar-refractivity contribution in [2.75, 3.05) is 44.6 Å². The number of halogens is 2. The second kappa shape index (κ2) is 13.2. The molecule has 12 heteroatoms. The van der Waals surface area contributed by atoms with Crippen LogP contribution in [-0.4, -0.2) is 85.7 Å². The Morgan fingerprint density at radius 1 is 1.00 bits per heavy atom. The number of imidazole rings is 1. The van der Waals surface area contributed by atoms with E-state index in [4.69, 9.17) is 15.7 Å². The molecule has 0 spiro atoms. The maximum absolute atomic E-state index is 14.7. The Bertz CT molecular complexity index is 1410. The number of aliphatic hydroxyl groups is 1. The Hall–Kier alpha value is -3.22. The summed E-state index contributed by atoms with van der Waals surface area (Å²) in [6.07, 6.45) is 9.66. The molecule has 4 N–H and O–H groups in total. The van der Waals surface area contributed by atoms with Crippen molar-refractivity contribution in [2.45, 2.75) is 69.9 Å². The van der Waals surface area contributed by atoms with Crippen LogP contribution in [0.5, 0.6) is 0 Å². The predicted octanol–water partition coefficient (Wildman–Crippen LogP) is 3.78. The highest BCUT2D eigenvalue weighted by Crippen LogP contribution is 2.38. The minimum Gasteiger partial charge on any atom is -0.395 e. The fourth-order valence-corrected chi connectivity index (χ4v) is 6.99. The molecule has 43 heavy (non-hydrogen) atoms. The van der Waals surface area contributed by atoms with E-state index in [9.17, 15) is 18.7 Å². The van der Waals surface area contributed by atoms with Gasteiger partial charge in [0.15, 0.2) is 5.65 Å². The summed E-state index contributed by atoms with van der Waals surface area (Å²) in [4.78, 5) is 31.9. The van der Waals surface area contributed by atoms with Gasteiger partial charge < -0.3 is 21.1 Å². The largest absolute Gasteiger partial charge is 0.395 e. The molecule has 6 rings (SSSR count). The zero-order valence-corrected chi connectivity index (χ0v) is 24.6. The van der Waals surface area contributed by atoms with Gasteiger partial charge in [-0.05, 0) is 69.4 Å². The average molecular weight is 597 g/mol. The number of nitrogens with two attached hydrogens (primary N) is 1. The van der Waals surface area contributed by atoms with Gasteiger partial charge in [-0.25, -0.2) is 23.7 Å². The number of carbonyl (C=O) groups is 1. The highest BCUT2D eigenvalue weighted by molar-refractivity contribution is 5.79. The number of hydrogen-bond donors (Lipinski definition) is 3. The van der Waals surface area contributed by atoms with Crippen LogP contribution in [0.15, 0.2) is 24.4 Å². The Morgan fingerprint density at radius 3 is 2.44 bits per heavy atom. The molecular formula is C31H42F2N8O2. The number of hydrogen-bond acceptors (Lipinski definition) is 8. The van der Waals surface area contributed by atoms with E-state index in [2.05, 4.69) is 15.2 Å². The molecule has 3 aliphatic rings. The zero-order chi connectivity index (χ0) is 29.9. The van der Waals surface area contributed by atoms with Gasteiger partial charge in [-0.15, -0.1) is 0 Å². The van der Waals surface area contributed by atoms with Gasteiger partial charge in [0.25, 0.3) is 0 Å². The predicted molar refractivity (Wildman–Crippen MR) is 160 cm³/mol. The number of carbonyl (C=O) groups excluding carboxylic acids is 1. The SMILES string of the molecule is NC1CCC(Cc2ncc3nc(Nc4ccc(F)cc4F)n(C4CCC(C(=O)N5CCN(CCO)CC5)CC4)c3n2)CC1. The van der Waals surface area contributed by atoms with Crippen LogP contribution in [0.4, 0.5) is 20.4 Å². The van der Waals surface area contributed by atoms with Crippen LogP contribution in [0, 0.1) is 23.5 Å². The van der Waals surface area contributed by atoms with E-state index in [-0.39, 0.29) is 36.2 Å². The Kier molecular flexibility index (Phi) is 9.15. The van der Waals surface area contributed by atoms with E-state index in [1.54, 1.807) is 6.20 Å². The van der Waals surface area contributed by atoms with Crippen molar-refractivity contribution in [3.63, 3.8) is 0 Å². The monoisotopic (exact) mass is 596 g/mol. The van der Waals surface area contributed by atoms with E-state index in [0.717, 1.165) is 82.8 Å². The second-order valence-electron chi connectivity index (χ2n) is 12.4. The molecular weight excluding hydrogens is 554 g/mol. The van der Waals surface area contributed by atoms with Gasteiger partial charge >= 0.3 is 0 Å². The molecule has 1 amide bonds. The maximum Gasteiger partial charge on any atom is 0.225 e. The number of aromatic nitrogens is 4. The number of anilines is 2. The molecule has 3 aromatic rings. The summed E-state index contributed by atoms with van der Waals surface area (Å²) in [5.74, 6) is 0.517. The van der Waals surface area contributed by atoms with Gasteiger partial charge in [-0.1, -0.05) is 0 Å². The number of fused-ring (bicyclic) bond motifs is 1. The molecule has 1 aromatic carbocycles. The summed E-state index contributed by atoms with van der Waals surface area (Å²) in [7, 11) is 0. The van der Waals surface area contributed by atoms with Crippen molar-refractivity contribution in [1.82, 2.24) is 29.3 Å². The first-order valence-corrected chi connectivity index (χ1v) is 15.7. The van der Waals surface area contributed by atoms with Crippen LogP contribution in [0.1, 0.15) is 63.2 Å². The summed E-state index contributed by atoms with van der Waals surface area (Å²) >= 11 is 0. The van der Waals surface area contributed by atoms with E-state index in [1.165, 1.54) is 12.1 Å². The van der Waals surface area contributed by atoms with Crippen LogP contribution in [0.3, 0.4) is 0 Å². The molecule has 0 bridgehead atoms. The van der Waals surface area contributed by atoms with E-state index >= 15 is 0 Å². The number of rotatable bonds is 8. The first-order valence-electron chi connectivity index (χ1n) is 15.7. The highest BCUT2D eigenvalue weighted by Gasteiger charge is 2.33. The lowest BCUT2D eigenvalue weighted by Gasteiger charge is -2.38. The van der Waals surface area contributed by atoms with Crippen molar-refractivity contribution in [1.29, 1.82) is 0 Å². The second-order valence-corrected chi connectivity index (χ2v) is 12.4. The summed E-state index contributed by atoms with van der Waals surface area (Å²) < 4.78 is 30.3. The lowest BCUT2D eigenvalue weighted by atomic mass is 9.84. The molecule has 3 heterocycles. The molecule has 0 atom stereocenters. The minimum atomic E-state index is -0.700. The first kappa shape index (κ1) is 29.8. The van der Waals surface area contributed by atoms with Crippen molar-refractivity contribution in [2.24, 2.45) is 17.6 Å². The van der Waals surface area contributed by atoms with E-state index < -0.39 is 11.6 Å². The Balaban J connectivity index is 1.22. The van der Waals surface area contributed by atoms with Crippen LogP contribution in [-0.2, 0) is 11.2 Å². The van der Waals surface area contributed by atoms with Crippen molar-refractivity contribution in [3.8, 4) is 0 Å². The summed E-state index contributed by atoms with van der Waals surface area (Å²) in [5.41, 5.74) is 7.54. The summed E-state index contributed by atoms with van der Waals surface area (Å²) in [6.45, 7) is 3.72. The average Bonchev–Trinajstić information content (AvgIpc) is 3.37. The normalized spacial score (nSPS) is 25.3. The first-order chi connectivity index (χ1) is 20.9. The number of benzene rings is 1. The van der Waals surface area contributed by atoms with E-state index in [1.807, 2.05) is 9.47 Å². The standard InChI is InChI=1S/C31H42F2N8O2/c32-22-5-10-26(25(33)18-22)36-31-37-27-19-35-28(17-20-1-6-23(34)7-2-20)38-29(27)41(31)24-8-3-21(4-9-24)30(43)40-13-11-39(12-14-40)15-16-42/h5,10,18-21,23-24,42H,1-4,6-9,11-17,34H2,(H,36,37). The van der Waals surface area contributed by atoms with Gasteiger partial charge in [0.2, 0.25) is 11.9 Å². The van der Waals surface area contributed by atoms with Gasteiger partial charge in [0, 0.05) is 63.2 Å². The fraction of sp³-hybridized carbons (Fsp3) is 0.613. The maximum atomic E-state index is 14.7. The fourth-order valence-electron chi connectivity index (χ4n) is 6.99. The summed E-state index contributed by atoms with van der Waals surface area (Å²) in [5, 5.41) is 12.3. The van der Waals surface area contributed by atoms with Crippen molar-refractivity contribution < 1.29 is 18.7 Å². The van der Waals surface area contributed by atoms with Gasteiger partial charge in [0.1, 0.15) is 23.0 Å². The molecule has 3 fully saturated rings.